The summed E-state index contributed by atoms with van der Waals surface area (Å²) in [6.07, 6.45) is 5.89. The highest BCUT2D eigenvalue weighted by molar-refractivity contribution is 7.99. The number of rotatable bonds is 6. The van der Waals surface area contributed by atoms with Crippen LogP contribution in [0.4, 0.5) is 0 Å². The lowest BCUT2D eigenvalue weighted by atomic mass is 9.86. The fourth-order valence-corrected chi connectivity index (χ4v) is 4.27. The summed E-state index contributed by atoms with van der Waals surface area (Å²) in [5.74, 6) is 1.06. The molecule has 1 saturated carbocycles. The smallest absolute Gasteiger partial charge is 0.304 e. The Morgan fingerprint density at radius 3 is 2.45 bits per heavy atom. The second-order valence-corrected chi connectivity index (χ2v) is 6.89. The molecule has 0 aromatic heterocycles. The average molecular weight is 294 g/mol. The molecule has 4 heteroatoms. The number of thioether (sulfide) groups is 1. The zero-order valence-electron chi connectivity index (χ0n) is 11.9. The SMILES string of the molecule is COc1ccc(CSC2(CC(=O)O)CCCCC2)cc1. The van der Waals surface area contributed by atoms with E-state index in [1.807, 2.05) is 23.9 Å². The van der Waals surface area contributed by atoms with Crippen LogP contribution in [0.1, 0.15) is 44.1 Å². The molecular formula is C16H22O3S. The topological polar surface area (TPSA) is 46.5 Å². The predicted molar refractivity (Wildman–Crippen MR) is 82.4 cm³/mol. The molecule has 1 aromatic rings. The maximum absolute atomic E-state index is 11.1. The van der Waals surface area contributed by atoms with Crippen LogP contribution in [0.15, 0.2) is 24.3 Å². The van der Waals surface area contributed by atoms with Crippen LogP contribution in [0.3, 0.4) is 0 Å². The van der Waals surface area contributed by atoms with E-state index in [9.17, 15) is 4.79 Å². The summed E-state index contributed by atoms with van der Waals surface area (Å²) in [6.45, 7) is 0. The number of carboxylic acid groups (broad SMARTS) is 1. The van der Waals surface area contributed by atoms with Gasteiger partial charge in [-0.1, -0.05) is 31.4 Å². The van der Waals surface area contributed by atoms with Crippen molar-refractivity contribution in [3.8, 4) is 5.75 Å². The first-order valence-electron chi connectivity index (χ1n) is 7.12. The molecule has 110 valence electrons. The molecule has 1 aliphatic carbocycles. The first kappa shape index (κ1) is 15.2. The summed E-state index contributed by atoms with van der Waals surface area (Å²) < 4.78 is 5.09. The molecule has 0 atom stereocenters. The summed E-state index contributed by atoms with van der Waals surface area (Å²) >= 11 is 1.82. The van der Waals surface area contributed by atoms with Crippen LogP contribution in [-0.2, 0) is 10.5 Å². The lowest BCUT2D eigenvalue weighted by Gasteiger charge is -2.35. The summed E-state index contributed by atoms with van der Waals surface area (Å²) in [7, 11) is 1.66. The third-order valence-electron chi connectivity index (χ3n) is 3.94. The van der Waals surface area contributed by atoms with E-state index in [0.29, 0.717) is 0 Å². The molecule has 3 nitrogen and oxygen atoms in total. The van der Waals surface area contributed by atoms with Crippen LogP contribution in [0.2, 0.25) is 0 Å². The predicted octanol–water partition coefficient (Wildman–Crippen LogP) is 4.11. The highest BCUT2D eigenvalue weighted by Crippen LogP contribution is 2.44. The van der Waals surface area contributed by atoms with Crippen molar-refractivity contribution in [2.75, 3.05) is 7.11 Å². The minimum Gasteiger partial charge on any atom is -0.497 e. The van der Waals surface area contributed by atoms with Gasteiger partial charge in [-0.15, -0.1) is 11.8 Å². The van der Waals surface area contributed by atoms with Crippen molar-refractivity contribution in [1.29, 1.82) is 0 Å². The molecule has 1 aliphatic rings. The Kier molecular flexibility index (Phi) is 5.35. The van der Waals surface area contributed by atoms with Crippen LogP contribution in [0.25, 0.3) is 0 Å². The Morgan fingerprint density at radius 2 is 1.90 bits per heavy atom. The highest BCUT2D eigenvalue weighted by atomic mass is 32.2. The molecule has 1 N–H and O–H groups in total. The van der Waals surface area contributed by atoms with Gasteiger partial charge in [-0.05, 0) is 30.5 Å². The zero-order chi connectivity index (χ0) is 14.4. The van der Waals surface area contributed by atoms with Gasteiger partial charge in [0.25, 0.3) is 0 Å². The molecule has 0 bridgehead atoms. The van der Waals surface area contributed by atoms with Crippen molar-refractivity contribution in [2.24, 2.45) is 0 Å². The molecule has 0 saturated heterocycles. The van der Waals surface area contributed by atoms with Gasteiger partial charge in [-0.2, -0.15) is 0 Å². The molecular weight excluding hydrogens is 272 g/mol. The summed E-state index contributed by atoms with van der Waals surface area (Å²) in [5, 5.41) is 9.17. The number of carboxylic acids is 1. The van der Waals surface area contributed by atoms with Gasteiger partial charge in [0.05, 0.1) is 13.5 Å². The van der Waals surface area contributed by atoms with E-state index in [4.69, 9.17) is 9.84 Å². The van der Waals surface area contributed by atoms with Gasteiger partial charge < -0.3 is 9.84 Å². The van der Waals surface area contributed by atoms with Gasteiger partial charge in [-0.25, -0.2) is 0 Å². The molecule has 0 heterocycles. The number of carbonyl (C=O) groups is 1. The lowest BCUT2D eigenvalue weighted by Crippen LogP contribution is -2.31. The molecule has 2 rings (SSSR count). The second kappa shape index (κ2) is 7.02. The van der Waals surface area contributed by atoms with E-state index in [1.165, 1.54) is 12.0 Å². The molecule has 20 heavy (non-hydrogen) atoms. The molecule has 1 fully saturated rings. The largest absolute Gasteiger partial charge is 0.497 e. The summed E-state index contributed by atoms with van der Waals surface area (Å²) in [5.41, 5.74) is 1.23. The molecule has 0 aliphatic heterocycles. The first-order valence-corrected chi connectivity index (χ1v) is 8.11. The maximum Gasteiger partial charge on any atom is 0.304 e. The van der Waals surface area contributed by atoms with Crippen LogP contribution in [0, 0.1) is 0 Å². The van der Waals surface area contributed by atoms with Gasteiger partial charge in [0.15, 0.2) is 0 Å². The Hall–Kier alpha value is -1.16. The normalized spacial score (nSPS) is 17.6. The number of benzene rings is 1. The average Bonchev–Trinajstić information content (AvgIpc) is 2.46. The maximum atomic E-state index is 11.1. The molecule has 0 spiro atoms. The summed E-state index contributed by atoms with van der Waals surface area (Å²) in [6, 6.07) is 8.04. The van der Waals surface area contributed by atoms with Crippen LogP contribution in [-0.4, -0.2) is 22.9 Å². The van der Waals surface area contributed by atoms with E-state index >= 15 is 0 Å². The molecule has 0 amide bonds. The van der Waals surface area contributed by atoms with Crippen LogP contribution in [0.5, 0.6) is 5.75 Å². The lowest BCUT2D eigenvalue weighted by molar-refractivity contribution is -0.137. The number of hydrogen-bond donors (Lipinski definition) is 1. The van der Waals surface area contributed by atoms with E-state index in [2.05, 4.69) is 12.1 Å². The Balaban J connectivity index is 1.98. The fraction of sp³-hybridized carbons (Fsp3) is 0.562. The van der Waals surface area contributed by atoms with Crippen molar-refractivity contribution >= 4 is 17.7 Å². The Morgan fingerprint density at radius 1 is 1.25 bits per heavy atom. The van der Waals surface area contributed by atoms with E-state index in [-0.39, 0.29) is 11.2 Å². The number of methoxy groups -OCH3 is 1. The van der Waals surface area contributed by atoms with Gasteiger partial charge in [0.1, 0.15) is 5.75 Å². The van der Waals surface area contributed by atoms with Crippen LogP contribution < -0.4 is 4.74 Å². The number of aliphatic carboxylic acids is 1. The molecule has 0 unspecified atom stereocenters. The zero-order valence-corrected chi connectivity index (χ0v) is 12.7. The standard InChI is InChI=1S/C16H22O3S/c1-19-14-7-5-13(6-8-14)12-20-16(11-15(17)18)9-3-2-4-10-16/h5-8H,2-4,9-12H2,1H3,(H,17,18). The Labute approximate surface area is 124 Å². The van der Waals surface area contributed by atoms with E-state index in [0.717, 1.165) is 37.2 Å². The minimum absolute atomic E-state index is 0.0655. The molecule has 1 aromatic carbocycles. The third-order valence-corrected chi connectivity index (χ3v) is 5.58. The van der Waals surface area contributed by atoms with Gasteiger partial charge in [0.2, 0.25) is 0 Å². The van der Waals surface area contributed by atoms with E-state index in [1.54, 1.807) is 7.11 Å². The van der Waals surface area contributed by atoms with Crippen molar-refractivity contribution in [3.63, 3.8) is 0 Å². The van der Waals surface area contributed by atoms with Crippen LogP contribution >= 0.6 is 11.8 Å². The quantitative estimate of drug-likeness (QED) is 0.858. The Bertz CT molecular complexity index is 436. The first-order chi connectivity index (χ1) is 9.63. The number of hydrogen-bond acceptors (Lipinski definition) is 3. The van der Waals surface area contributed by atoms with Gasteiger partial charge in [0, 0.05) is 10.5 Å². The fourth-order valence-electron chi connectivity index (χ4n) is 2.80. The number of ether oxygens (including phenoxy) is 1. The third kappa shape index (κ3) is 4.17. The molecule has 0 radical (unpaired) electrons. The van der Waals surface area contributed by atoms with Crippen molar-refractivity contribution in [1.82, 2.24) is 0 Å². The van der Waals surface area contributed by atoms with Crippen molar-refractivity contribution in [2.45, 2.75) is 49.0 Å². The van der Waals surface area contributed by atoms with Gasteiger partial charge in [-0.3, -0.25) is 4.79 Å². The second-order valence-electron chi connectivity index (χ2n) is 5.45. The van der Waals surface area contributed by atoms with Crippen molar-refractivity contribution < 1.29 is 14.6 Å². The summed E-state index contributed by atoms with van der Waals surface area (Å²) in [4.78, 5) is 11.1. The van der Waals surface area contributed by atoms with Crippen molar-refractivity contribution in [3.05, 3.63) is 29.8 Å². The van der Waals surface area contributed by atoms with Gasteiger partial charge >= 0.3 is 5.97 Å². The minimum atomic E-state index is -0.672. The monoisotopic (exact) mass is 294 g/mol. The van der Waals surface area contributed by atoms with E-state index < -0.39 is 5.97 Å². The highest BCUT2D eigenvalue weighted by Gasteiger charge is 2.34.